The molecule has 0 heterocycles. The van der Waals surface area contributed by atoms with Crippen LogP contribution in [0.1, 0.15) is 165 Å². The lowest BCUT2D eigenvalue weighted by molar-refractivity contribution is 0.297. The molecule has 2 aliphatic carbocycles. The van der Waals surface area contributed by atoms with E-state index in [1.807, 2.05) is 26.0 Å². The Morgan fingerprint density at radius 1 is 0.476 bits per heavy atom. The van der Waals surface area contributed by atoms with Gasteiger partial charge >= 0.3 is 0 Å². The van der Waals surface area contributed by atoms with Crippen LogP contribution in [0.2, 0.25) is 0 Å². The van der Waals surface area contributed by atoms with Crippen LogP contribution >= 0.6 is 0 Å². The van der Waals surface area contributed by atoms with Gasteiger partial charge in [-0.1, -0.05) is 103 Å². The summed E-state index contributed by atoms with van der Waals surface area (Å²) in [7, 11) is 0. The van der Waals surface area contributed by atoms with Crippen LogP contribution in [-0.4, -0.2) is 0 Å². The molecule has 0 radical (unpaired) electrons. The van der Waals surface area contributed by atoms with E-state index in [-0.39, 0.29) is 11.8 Å². The van der Waals surface area contributed by atoms with E-state index >= 15 is 0 Å². The molecule has 2 aromatic rings. The van der Waals surface area contributed by atoms with Crippen molar-refractivity contribution in [3.05, 3.63) is 69.8 Å². The molecule has 2 aromatic carbocycles. The molecule has 2 saturated carbocycles. The van der Waals surface area contributed by atoms with Crippen molar-refractivity contribution in [1.29, 1.82) is 0 Å². The zero-order valence-electron chi connectivity index (χ0n) is 26.9. The standard InChI is InChI=1S/C20H30F2.C18H26F2/c1-3-5-6-8-15-9-11-16(12-10-15)18-14-13-17(7-4-2)19(21)20(18)22;1-3-5-13-7-9-14(10-8-13)16-12-11-15(6-4-2)17(19)18(16)20/h13-16H,3-12H2,1-2H3;11-14H,3-10H2,1-2H3. The summed E-state index contributed by atoms with van der Waals surface area (Å²) in [6.07, 6.45) is 19.4. The number of benzene rings is 2. The molecule has 0 N–H and O–H groups in total. The Hall–Kier alpha value is -1.84. The van der Waals surface area contributed by atoms with Crippen molar-refractivity contribution in [2.45, 2.75) is 155 Å². The molecule has 0 saturated heterocycles. The van der Waals surface area contributed by atoms with Gasteiger partial charge in [0.25, 0.3) is 0 Å². The maximum absolute atomic E-state index is 14.3. The Morgan fingerprint density at radius 2 is 0.905 bits per heavy atom. The highest BCUT2D eigenvalue weighted by Crippen LogP contribution is 2.40. The Morgan fingerprint density at radius 3 is 1.29 bits per heavy atom. The number of hydrogen-bond donors (Lipinski definition) is 0. The molecule has 0 atom stereocenters. The number of aryl methyl sites for hydroxylation is 2. The van der Waals surface area contributed by atoms with Crippen LogP contribution in [0.15, 0.2) is 24.3 Å². The molecule has 0 bridgehead atoms. The average molecular weight is 589 g/mol. The second-order valence-electron chi connectivity index (χ2n) is 13.1. The van der Waals surface area contributed by atoms with Gasteiger partial charge in [-0.2, -0.15) is 0 Å². The van der Waals surface area contributed by atoms with Crippen molar-refractivity contribution in [1.82, 2.24) is 0 Å². The van der Waals surface area contributed by atoms with Crippen molar-refractivity contribution >= 4 is 0 Å². The molecule has 0 amide bonds. The zero-order valence-corrected chi connectivity index (χ0v) is 26.9. The number of rotatable bonds is 12. The summed E-state index contributed by atoms with van der Waals surface area (Å²) in [6.45, 7) is 8.43. The maximum atomic E-state index is 14.3. The van der Waals surface area contributed by atoms with Crippen LogP contribution in [0, 0.1) is 35.1 Å². The van der Waals surface area contributed by atoms with E-state index < -0.39 is 23.3 Å². The minimum Gasteiger partial charge on any atom is -0.203 e. The number of hydrogen-bond acceptors (Lipinski definition) is 0. The molecule has 4 heteroatoms. The molecule has 0 spiro atoms. The average Bonchev–Trinajstić information content (AvgIpc) is 3.00. The van der Waals surface area contributed by atoms with Crippen LogP contribution < -0.4 is 0 Å². The van der Waals surface area contributed by atoms with Crippen molar-refractivity contribution in [3.63, 3.8) is 0 Å². The second-order valence-corrected chi connectivity index (χ2v) is 13.1. The van der Waals surface area contributed by atoms with E-state index in [4.69, 9.17) is 0 Å². The van der Waals surface area contributed by atoms with Gasteiger partial charge in [-0.3, -0.25) is 0 Å². The zero-order chi connectivity index (χ0) is 30.5. The highest BCUT2D eigenvalue weighted by molar-refractivity contribution is 5.30. The molecule has 236 valence electrons. The summed E-state index contributed by atoms with van der Waals surface area (Å²) in [4.78, 5) is 0. The molecule has 4 rings (SSSR count). The molecule has 0 aliphatic heterocycles. The van der Waals surface area contributed by atoms with E-state index in [9.17, 15) is 17.6 Å². The first-order chi connectivity index (χ1) is 20.3. The quantitative estimate of drug-likeness (QED) is 0.171. The Balaban J connectivity index is 0.000000231. The van der Waals surface area contributed by atoms with Gasteiger partial charge in [0.15, 0.2) is 23.3 Å². The van der Waals surface area contributed by atoms with Gasteiger partial charge in [0.1, 0.15) is 0 Å². The normalized spacial score (nSPS) is 22.5. The van der Waals surface area contributed by atoms with Gasteiger partial charge in [-0.15, -0.1) is 0 Å². The summed E-state index contributed by atoms with van der Waals surface area (Å²) in [6, 6.07) is 7.25. The fourth-order valence-electron chi connectivity index (χ4n) is 7.38. The number of halogens is 4. The first kappa shape index (κ1) is 34.6. The summed E-state index contributed by atoms with van der Waals surface area (Å²) in [5, 5.41) is 0. The monoisotopic (exact) mass is 588 g/mol. The van der Waals surface area contributed by atoms with E-state index in [0.29, 0.717) is 35.1 Å². The molecule has 2 aliphatic rings. The molecule has 42 heavy (non-hydrogen) atoms. The molecular weight excluding hydrogens is 532 g/mol. The lowest BCUT2D eigenvalue weighted by atomic mass is 9.76. The predicted molar refractivity (Wildman–Crippen MR) is 169 cm³/mol. The summed E-state index contributed by atoms with van der Waals surface area (Å²) >= 11 is 0. The van der Waals surface area contributed by atoms with Crippen molar-refractivity contribution in [2.75, 3.05) is 0 Å². The van der Waals surface area contributed by atoms with E-state index in [2.05, 4.69) is 13.8 Å². The van der Waals surface area contributed by atoms with Gasteiger partial charge in [0.2, 0.25) is 0 Å². The topological polar surface area (TPSA) is 0 Å². The minimum atomic E-state index is -0.611. The molecule has 0 aromatic heterocycles. The van der Waals surface area contributed by atoms with E-state index in [1.54, 1.807) is 12.1 Å². The molecule has 2 fully saturated rings. The highest BCUT2D eigenvalue weighted by Gasteiger charge is 2.27. The largest absolute Gasteiger partial charge is 0.203 e. The summed E-state index contributed by atoms with van der Waals surface area (Å²) < 4.78 is 56.7. The summed E-state index contributed by atoms with van der Waals surface area (Å²) in [5.74, 6) is -0.362. The Kier molecular flexibility index (Phi) is 14.9. The third kappa shape index (κ3) is 9.58. The lowest BCUT2D eigenvalue weighted by Gasteiger charge is -2.29. The third-order valence-corrected chi connectivity index (χ3v) is 9.91. The van der Waals surface area contributed by atoms with Crippen LogP contribution in [0.3, 0.4) is 0 Å². The highest BCUT2D eigenvalue weighted by atomic mass is 19.2. The Bertz CT molecular complexity index is 1060. The number of unbranched alkanes of at least 4 members (excludes halogenated alkanes) is 2. The fourth-order valence-corrected chi connectivity index (χ4v) is 7.38. The lowest BCUT2D eigenvalue weighted by Crippen LogP contribution is -2.15. The van der Waals surface area contributed by atoms with Crippen LogP contribution in [-0.2, 0) is 12.8 Å². The van der Waals surface area contributed by atoms with Crippen LogP contribution in [0.25, 0.3) is 0 Å². The second kappa shape index (κ2) is 18.1. The smallest absolute Gasteiger partial charge is 0.162 e. The van der Waals surface area contributed by atoms with E-state index in [0.717, 1.165) is 63.2 Å². The molecule has 0 unspecified atom stereocenters. The third-order valence-electron chi connectivity index (χ3n) is 9.91. The maximum Gasteiger partial charge on any atom is 0.162 e. The van der Waals surface area contributed by atoms with E-state index in [1.165, 1.54) is 51.4 Å². The van der Waals surface area contributed by atoms with Crippen molar-refractivity contribution < 1.29 is 17.6 Å². The van der Waals surface area contributed by atoms with Gasteiger partial charge < -0.3 is 0 Å². The van der Waals surface area contributed by atoms with Gasteiger partial charge in [-0.25, -0.2) is 17.6 Å². The van der Waals surface area contributed by atoms with Gasteiger partial charge in [0.05, 0.1) is 0 Å². The first-order valence-corrected chi connectivity index (χ1v) is 17.3. The first-order valence-electron chi connectivity index (χ1n) is 17.3. The minimum absolute atomic E-state index is 0.215. The predicted octanol–water partition coefficient (Wildman–Crippen LogP) is 12.8. The summed E-state index contributed by atoms with van der Waals surface area (Å²) in [5.41, 5.74) is 2.27. The Labute approximate surface area is 254 Å². The SMILES string of the molecule is CCCCCC1CCC(c2ccc(CCC)c(F)c2F)CC1.CCCc1ccc(C2CCC(CCC)CC2)c(F)c1F. The van der Waals surface area contributed by atoms with Gasteiger partial charge in [-0.05, 0) is 110 Å². The van der Waals surface area contributed by atoms with Gasteiger partial charge in [0, 0.05) is 0 Å². The van der Waals surface area contributed by atoms with Crippen molar-refractivity contribution in [2.24, 2.45) is 11.8 Å². The van der Waals surface area contributed by atoms with Crippen LogP contribution in [0.5, 0.6) is 0 Å². The molecular formula is C38H56F4. The fraction of sp³-hybridized carbons (Fsp3) is 0.684. The van der Waals surface area contributed by atoms with Crippen LogP contribution in [0.4, 0.5) is 17.6 Å². The van der Waals surface area contributed by atoms with Crippen molar-refractivity contribution in [3.8, 4) is 0 Å². The molecule has 0 nitrogen and oxygen atoms in total.